The Morgan fingerprint density at radius 1 is 1.14 bits per heavy atom. The Morgan fingerprint density at radius 2 is 2.00 bits per heavy atom. The SMILES string of the molecule is O=c1c2ccccc2nc(CCl)n1CCc1cccnc1. The highest BCUT2D eigenvalue weighted by Crippen LogP contribution is 2.10. The zero-order valence-corrected chi connectivity index (χ0v) is 12.1. The van der Waals surface area contributed by atoms with E-state index in [-0.39, 0.29) is 11.4 Å². The average molecular weight is 300 g/mol. The summed E-state index contributed by atoms with van der Waals surface area (Å²) in [5, 5.41) is 0.623. The topological polar surface area (TPSA) is 47.8 Å². The number of hydrogen-bond donors (Lipinski definition) is 0. The fourth-order valence-electron chi connectivity index (χ4n) is 2.33. The van der Waals surface area contributed by atoms with Gasteiger partial charge in [-0.1, -0.05) is 18.2 Å². The van der Waals surface area contributed by atoms with Crippen LogP contribution in [0.4, 0.5) is 0 Å². The molecule has 5 heteroatoms. The number of rotatable bonds is 4. The number of aryl methyl sites for hydroxylation is 1. The number of fused-ring (bicyclic) bond motifs is 1. The maximum Gasteiger partial charge on any atom is 0.261 e. The van der Waals surface area contributed by atoms with Crippen LogP contribution >= 0.6 is 11.6 Å². The van der Waals surface area contributed by atoms with Crippen LogP contribution in [0.1, 0.15) is 11.4 Å². The summed E-state index contributed by atoms with van der Waals surface area (Å²) in [5.74, 6) is 0.817. The highest BCUT2D eigenvalue weighted by atomic mass is 35.5. The number of hydrogen-bond acceptors (Lipinski definition) is 3. The van der Waals surface area contributed by atoms with Crippen LogP contribution in [0.3, 0.4) is 0 Å². The third kappa shape index (κ3) is 2.81. The van der Waals surface area contributed by atoms with Crippen molar-refractivity contribution in [3.05, 3.63) is 70.5 Å². The molecule has 0 radical (unpaired) electrons. The molecule has 0 spiro atoms. The number of pyridine rings is 1. The summed E-state index contributed by atoms with van der Waals surface area (Å²) in [6, 6.07) is 11.2. The molecular weight excluding hydrogens is 286 g/mol. The minimum atomic E-state index is -0.0415. The average Bonchev–Trinajstić information content (AvgIpc) is 2.55. The summed E-state index contributed by atoms with van der Waals surface area (Å²) in [6.07, 6.45) is 4.26. The van der Waals surface area contributed by atoms with E-state index in [0.717, 1.165) is 12.0 Å². The molecule has 0 atom stereocenters. The number of aromatic nitrogens is 3. The van der Waals surface area contributed by atoms with Crippen molar-refractivity contribution in [2.45, 2.75) is 18.8 Å². The van der Waals surface area contributed by atoms with E-state index in [0.29, 0.717) is 23.3 Å². The molecule has 0 amide bonds. The first kappa shape index (κ1) is 13.8. The van der Waals surface area contributed by atoms with Crippen LogP contribution in [0.25, 0.3) is 10.9 Å². The Morgan fingerprint density at radius 3 is 2.76 bits per heavy atom. The molecule has 3 rings (SSSR count). The Bertz CT molecular complexity index is 815. The molecule has 2 heterocycles. The first-order valence-electron chi connectivity index (χ1n) is 6.73. The molecule has 0 bridgehead atoms. The summed E-state index contributed by atoms with van der Waals surface area (Å²) in [7, 11) is 0. The maximum atomic E-state index is 12.6. The van der Waals surface area contributed by atoms with Crippen LogP contribution in [-0.4, -0.2) is 14.5 Å². The molecule has 2 aromatic heterocycles. The van der Waals surface area contributed by atoms with Crippen molar-refractivity contribution in [2.24, 2.45) is 0 Å². The molecular formula is C16H14ClN3O. The maximum absolute atomic E-state index is 12.6. The van der Waals surface area contributed by atoms with Gasteiger partial charge >= 0.3 is 0 Å². The van der Waals surface area contributed by atoms with Gasteiger partial charge in [-0.2, -0.15) is 0 Å². The zero-order chi connectivity index (χ0) is 14.7. The van der Waals surface area contributed by atoms with Crippen molar-refractivity contribution in [3.8, 4) is 0 Å². The smallest absolute Gasteiger partial charge is 0.261 e. The quantitative estimate of drug-likeness (QED) is 0.696. The molecule has 0 aliphatic carbocycles. The van der Waals surface area contributed by atoms with Gasteiger partial charge in [0.15, 0.2) is 0 Å². The molecule has 0 aliphatic heterocycles. The van der Waals surface area contributed by atoms with Crippen molar-refractivity contribution in [3.63, 3.8) is 0 Å². The minimum absolute atomic E-state index is 0.0415. The van der Waals surface area contributed by atoms with Crippen LogP contribution < -0.4 is 5.56 Å². The predicted molar refractivity (Wildman–Crippen MR) is 83.5 cm³/mol. The molecule has 3 aromatic rings. The van der Waals surface area contributed by atoms with Gasteiger partial charge in [0.2, 0.25) is 0 Å². The van der Waals surface area contributed by atoms with Crippen LogP contribution in [0.5, 0.6) is 0 Å². The van der Waals surface area contributed by atoms with Crippen LogP contribution in [0.2, 0.25) is 0 Å². The molecule has 0 saturated carbocycles. The van der Waals surface area contributed by atoms with E-state index >= 15 is 0 Å². The lowest BCUT2D eigenvalue weighted by atomic mass is 10.2. The number of alkyl halides is 1. The highest BCUT2D eigenvalue weighted by Gasteiger charge is 2.09. The van der Waals surface area contributed by atoms with Gasteiger partial charge in [0.25, 0.3) is 5.56 Å². The van der Waals surface area contributed by atoms with Gasteiger partial charge in [-0.3, -0.25) is 14.3 Å². The first-order valence-corrected chi connectivity index (χ1v) is 7.26. The number of halogens is 1. The van der Waals surface area contributed by atoms with E-state index in [4.69, 9.17) is 11.6 Å². The molecule has 0 aliphatic rings. The van der Waals surface area contributed by atoms with E-state index in [1.165, 1.54) is 0 Å². The monoisotopic (exact) mass is 299 g/mol. The first-order chi connectivity index (χ1) is 10.3. The normalized spacial score (nSPS) is 10.9. The second-order valence-electron chi connectivity index (χ2n) is 4.75. The standard InChI is InChI=1S/C16H14ClN3O/c17-10-15-19-14-6-2-1-5-13(14)16(21)20(15)9-7-12-4-3-8-18-11-12/h1-6,8,11H,7,9-10H2. The van der Waals surface area contributed by atoms with Gasteiger partial charge in [-0.05, 0) is 30.2 Å². The van der Waals surface area contributed by atoms with Crippen LogP contribution in [-0.2, 0) is 18.8 Å². The number of nitrogens with zero attached hydrogens (tertiary/aromatic N) is 3. The van der Waals surface area contributed by atoms with Gasteiger partial charge < -0.3 is 0 Å². The molecule has 106 valence electrons. The minimum Gasteiger partial charge on any atom is -0.295 e. The molecule has 0 unspecified atom stereocenters. The highest BCUT2D eigenvalue weighted by molar-refractivity contribution is 6.16. The Hall–Kier alpha value is -2.20. The van der Waals surface area contributed by atoms with E-state index in [1.807, 2.05) is 30.3 Å². The van der Waals surface area contributed by atoms with Crippen molar-refractivity contribution in [2.75, 3.05) is 0 Å². The third-order valence-electron chi connectivity index (χ3n) is 3.41. The molecule has 1 aromatic carbocycles. The van der Waals surface area contributed by atoms with Crippen molar-refractivity contribution < 1.29 is 0 Å². The Balaban J connectivity index is 2.01. The van der Waals surface area contributed by atoms with Gasteiger partial charge in [-0.15, -0.1) is 11.6 Å². The van der Waals surface area contributed by atoms with Crippen LogP contribution in [0.15, 0.2) is 53.6 Å². The second kappa shape index (κ2) is 6.06. The predicted octanol–water partition coefficient (Wildman–Crippen LogP) is 2.77. The van der Waals surface area contributed by atoms with Crippen molar-refractivity contribution >= 4 is 22.5 Å². The molecule has 0 N–H and O–H groups in total. The lowest BCUT2D eigenvalue weighted by Gasteiger charge is -2.11. The van der Waals surface area contributed by atoms with E-state index in [9.17, 15) is 4.79 Å². The summed E-state index contributed by atoms with van der Waals surface area (Å²) in [6.45, 7) is 0.546. The lowest BCUT2D eigenvalue weighted by Crippen LogP contribution is -2.25. The summed E-state index contributed by atoms with van der Waals surface area (Å²) in [4.78, 5) is 21.1. The number of benzene rings is 1. The Kier molecular flexibility index (Phi) is 3.97. The van der Waals surface area contributed by atoms with Gasteiger partial charge in [0.1, 0.15) is 5.82 Å². The summed E-state index contributed by atoms with van der Waals surface area (Å²) >= 11 is 5.95. The van der Waals surface area contributed by atoms with Crippen LogP contribution in [0, 0.1) is 0 Å². The second-order valence-corrected chi connectivity index (χ2v) is 5.01. The molecule has 4 nitrogen and oxygen atoms in total. The van der Waals surface area contributed by atoms with Gasteiger partial charge in [0, 0.05) is 18.9 Å². The Labute approximate surface area is 127 Å². The van der Waals surface area contributed by atoms with Crippen molar-refractivity contribution in [1.29, 1.82) is 0 Å². The fraction of sp³-hybridized carbons (Fsp3) is 0.188. The van der Waals surface area contributed by atoms with E-state index in [2.05, 4.69) is 9.97 Å². The number of para-hydroxylation sites is 1. The van der Waals surface area contributed by atoms with E-state index in [1.54, 1.807) is 23.0 Å². The van der Waals surface area contributed by atoms with Gasteiger partial charge in [-0.25, -0.2) is 4.98 Å². The third-order valence-corrected chi connectivity index (χ3v) is 3.65. The zero-order valence-electron chi connectivity index (χ0n) is 11.4. The van der Waals surface area contributed by atoms with Gasteiger partial charge in [0.05, 0.1) is 16.8 Å². The molecule has 21 heavy (non-hydrogen) atoms. The molecule has 0 saturated heterocycles. The van der Waals surface area contributed by atoms with E-state index < -0.39 is 0 Å². The summed E-state index contributed by atoms with van der Waals surface area (Å²) in [5.41, 5.74) is 1.73. The fourth-order valence-corrected chi connectivity index (χ4v) is 2.54. The largest absolute Gasteiger partial charge is 0.295 e. The summed E-state index contributed by atoms with van der Waals surface area (Å²) < 4.78 is 1.66. The van der Waals surface area contributed by atoms with Crippen molar-refractivity contribution in [1.82, 2.24) is 14.5 Å². The lowest BCUT2D eigenvalue weighted by molar-refractivity contribution is 0.633. The molecule has 0 fully saturated rings.